The molecule has 1 unspecified atom stereocenters. The molecule has 0 aromatic heterocycles. The molecule has 0 heterocycles. The fourth-order valence-corrected chi connectivity index (χ4v) is 1.44. The van der Waals surface area contributed by atoms with Crippen molar-refractivity contribution in [2.75, 3.05) is 13.2 Å². The molecule has 15 heavy (non-hydrogen) atoms. The third-order valence-electron chi connectivity index (χ3n) is 2.69. The van der Waals surface area contributed by atoms with Crippen molar-refractivity contribution in [3.05, 3.63) is 35.9 Å². The highest BCUT2D eigenvalue weighted by Gasteiger charge is 2.10. The second-order valence-corrected chi connectivity index (χ2v) is 4.24. The van der Waals surface area contributed by atoms with Crippen LogP contribution in [0.5, 0.6) is 0 Å². The zero-order valence-corrected chi connectivity index (χ0v) is 9.65. The van der Waals surface area contributed by atoms with Crippen LogP contribution in [0.1, 0.15) is 19.4 Å². The molecule has 1 atom stereocenters. The molecule has 2 heteroatoms. The molecule has 0 saturated heterocycles. The van der Waals surface area contributed by atoms with E-state index in [1.165, 1.54) is 5.56 Å². The van der Waals surface area contributed by atoms with E-state index in [1.807, 2.05) is 18.2 Å². The molecule has 0 bridgehead atoms. The number of rotatable bonds is 6. The lowest BCUT2D eigenvalue weighted by molar-refractivity contribution is 0.0745. The van der Waals surface area contributed by atoms with Crippen molar-refractivity contribution in [1.29, 1.82) is 0 Å². The van der Waals surface area contributed by atoms with Gasteiger partial charge < -0.3 is 10.5 Å². The Labute approximate surface area is 92.4 Å². The van der Waals surface area contributed by atoms with E-state index < -0.39 is 0 Å². The van der Waals surface area contributed by atoms with E-state index >= 15 is 0 Å². The predicted molar refractivity (Wildman–Crippen MR) is 63.5 cm³/mol. The van der Waals surface area contributed by atoms with Gasteiger partial charge in [0.2, 0.25) is 0 Å². The van der Waals surface area contributed by atoms with Gasteiger partial charge in [-0.3, -0.25) is 0 Å². The summed E-state index contributed by atoms with van der Waals surface area (Å²) in [6.07, 6.45) is 0. The van der Waals surface area contributed by atoms with E-state index in [-0.39, 0.29) is 0 Å². The van der Waals surface area contributed by atoms with Crippen LogP contribution in [0.3, 0.4) is 0 Å². The van der Waals surface area contributed by atoms with E-state index in [0.29, 0.717) is 25.0 Å². The highest BCUT2D eigenvalue weighted by atomic mass is 16.5. The normalized spacial score (nSPS) is 13.1. The molecule has 0 radical (unpaired) electrons. The first kappa shape index (κ1) is 12.2. The van der Waals surface area contributed by atoms with E-state index in [0.717, 1.165) is 6.61 Å². The van der Waals surface area contributed by atoms with Gasteiger partial charge in [0.25, 0.3) is 0 Å². The minimum Gasteiger partial charge on any atom is -0.376 e. The summed E-state index contributed by atoms with van der Waals surface area (Å²) in [5.74, 6) is 1.06. The van der Waals surface area contributed by atoms with Gasteiger partial charge in [-0.1, -0.05) is 44.2 Å². The monoisotopic (exact) mass is 207 g/mol. The smallest absolute Gasteiger partial charge is 0.0717 e. The standard InChI is InChI=1S/C13H21NO/c1-11(2)13(8-14)10-15-9-12-6-4-3-5-7-12/h3-7,11,13H,8-10,14H2,1-2H3. The van der Waals surface area contributed by atoms with Crippen LogP contribution in [0.15, 0.2) is 30.3 Å². The maximum Gasteiger partial charge on any atom is 0.0717 e. The Morgan fingerprint density at radius 3 is 2.40 bits per heavy atom. The second-order valence-electron chi connectivity index (χ2n) is 4.24. The van der Waals surface area contributed by atoms with Gasteiger partial charge in [-0.2, -0.15) is 0 Å². The minimum absolute atomic E-state index is 0.466. The highest BCUT2D eigenvalue weighted by Crippen LogP contribution is 2.10. The minimum atomic E-state index is 0.466. The summed E-state index contributed by atoms with van der Waals surface area (Å²) in [7, 11) is 0. The third kappa shape index (κ3) is 4.45. The lowest BCUT2D eigenvalue weighted by Gasteiger charge is -2.18. The maximum absolute atomic E-state index is 5.67. The summed E-state index contributed by atoms with van der Waals surface area (Å²) in [5.41, 5.74) is 6.89. The van der Waals surface area contributed by atoms with Crippen LogP contribution in [0.2, 0.25) is 0 Å². The van der Waals surface area contributed by atoms with Gasteiger partial charge in [-0.15, -0.1) is 0 Å². The summed E-state index contributed by atoms with van der Waals surface area (Å²) in [6.45, 7) is 6.51. The molecule has 0 amide bonds. The zero-order chi connectivity index (χ0) is 11.1. The third-order valence-corrected chi connectivity index (χ3v) is 2.69. The molecule has 1 rings (SSSR count). The Kier molecular flexibility index (Phi) is 5.37. The first-order valence-corrected chi connectivity index (χ1v) is 5.55. The topological polar surface area (TPSA) is 35.2 Å². The van der Waals surface area contributed by atoms with E-state index in [2.05, 4.69) is 26.0 Å². The molecular weight excluding hydrogens is 186 g/mol. The van der Waals surface area contributed by atoms with Crippen LogP contribution >= 0.6 is 0 Å². The van der Waals surface area contributed by atoms with Crippen LogP contribution < -0.4 is 5.73 Å². The van der Waals surface area contributed by atoms with Crippen molar-refractivity contribution in [1.82, 2.24) is 0 Å². The summed E-state index contributed by atoms with van der Waals surface area (Å²) < 4.78 is 5.65. The second kappa shape index (κ2) is 6.59. The molecule has 0 spiro atoms. The van der Waals surface area contributed by atoms with Crippen molar-refractivity contribution in [3.8, 4) is 0 Å². The Balaban J connectivity index is 2.27. The molecule has 0 fully saturated rings. The summed E-state index contributed by atoms with van der Waals surface area (Å²) >= 11 is 0. The highest BCUT2D eigenvalue weighted by molar-refractivity contribution is 5.13. The van der Waals surface area contributed by atoms with E-state index in [1.54, 1.807) is 0 Å². The average Bonchev–Trinajstić information content (AvgIpc) is 2.25. The van der Waals surface area contributed by atoms with Gasteiger partial charge in [-0.05, 0) is 23.9 Å². The number of nitrogens with two attached hydrogens (primary N) is 1. The fraction of sp³-hybridized carbons (Fsp3) is 0.538. The van der Waals surface area contributed by atoms with Crippen LogP contribution in [-0.2, 0) is 11.3 Å². The summed E-state index contributed by atoms with van der Waals surface area (Å²) in [5, 5.41) is 0. The molecule has 1 aromatic carbocycles. The molecule has 2 N–H and O–H groups in total. The summed E-state index contributed by atoms with van der Waals surface area (Å²) in [4.78, 5) is 0. The first-order valence-electron chi connectivity index (χ1n) is 5.55. The van der Waals surface area contributed by atoms with Gasteiger partial charge in [0, 0.05) is 0 Å². The Morgan fingerprint density at radius 1 is 1.20 bits per heavy atom. The number of hydrogen-bond donors (Lipinski definition) is 1. The molecule has 0 aliphatic carbocycles. The van der Waals surface area contributed by atoms with Crippen molar-refractivity contribution in [2.24, 2.45) is 17.6 Å². The number of benzene rings is 1. The van der Waals surface area contributed by atoms with E-state index in [4.69, 9.17) is 10.5 Å². The van der Waals surface area contributed by atoms with Gasteiger partial charge in [0.1, 0.15) is 0 Å². The van der Waals surface area contributed by atoms with Crippen LogP contribution in [0, 0.1) is 11.8 Å². The summed E-state index contributed by atoms with van der Waals surface area (Å²) in [6, 6.07) is 10.2. The predicted octanol–water partition coefficient (Wildman–Crippen LogP) is 2.43. The van der Waals surface area contributed by atoms with Crippen LogP contribution in [-0.4, -0.2) is 13.2 Å². The average molecular weight is 207 g/mol. The molecular formula is C13H21NO. The largest absolute Gasteiger partial charge is 0.376 e. The van der Waals surface area contributed by atoms with E-state index in [9.17, 15) is 0 Å². The van der Waals surface area contributed by atoms with Gasteiger partial charge in [0.05, 0.1) is 13.2 Å². The quantitative estimate of drug-likeness (QED) is 0.777. The van der Waals surface area contributed by atoms with Crippen molar-refractivity contribution in [3.63, 3.8) is 0 Å². The maximum atomic E-state index is 5.67. The first-order chi connectivity index (χ1) is 7.24. The number of hydrogen-bond acceptors (Lipinski definition) is 2. The lowest BCUT2D eigenvalue weighted by atomic mass is 9.97. The molecule has 0 aliphatic heterocycles. The van der Waals surface area contributed by atoms with Crippen LogP contribution in [0.25, 0.3) is 0 Å². The lowest BCUT2D eigenvalue weighted by Crippen LogP contribution is -2.24. The zero-order valence-electron chi connectivity index (χ0n) is 9.65. The molecule has 0 saturated carbocycles. The molecule has 0 aliphatic rings. The van der Waals surface area contributed by atoms with Crippen molar-refractivity contribution < 1.29 is 4.74 Å². The number of ether oxygens (including phenoxy) is 1. The van der Waals surface area contributed by atoms with Crippen molar-refractivity contribution in [2.45, 2.75) is 20.5 Å². The molecule has 1 aromatic rings. The van der Waals surface area contributed by atoms with Crippen LogP contribution in [0.4, 0.5) is 0 Å². The fourth-order valence-electron chi connectivity index (χ4n) is 1.44. The Bertz CT molecular complexity index is 258. The molecule has 84 valence electrons. The van der Waals surface area contributed by atoms with Gasteiger partial charge >= 0.3 is 0 Å². The van der Waals surface area contributed by atoms with Crippen molar-refractivity contribution >= 4 is 0 Å². The molecule has 2 nitrogen and oxygen atoms in total. The van der Waals surface area contributed by atoms with Gasteiger partial charge in [-0.25, -0.2) is 0 Å². The SMILES string of the molecule is CC(C)C(CN)COCc1ccccc1. The van der Waals surface area contributed by atoms with Gasteiger partial charge in [0.15, 0.2) is 0 Å². The Morgan fingerprint density at radius 2 is 1.87 bits per heavy atom. The Hall–Kier alpha value is -0.860.